The van der Waals surface area contributed by atoms with E-state index in [1.165, 1.54) is 19.3 Å². The fraction of sp³-hybridized carbons (Fsp3) is 0.571. The van der Waals surface area contributed by atoms with E-state index in [9.17, 15) is 13.2 Å². The van der Waals surface area contributed by atoms with Gasteiger partial charge in [-0.2, -0.15) is 8.42 Å². The zero-order chi connectivity index (χ0) is 10.3. The number of hydrogen-bond donors (Lipinski definition) is 0. The minimum Gasteiger partial charge on any atom is -0.466 e. The van der Waals surface area contributed by atoms with E-state index in [0.717, 1.165) is 6.26 Å². The molecule has 0 saturated heterocycles. The fourth-order valence-corrected chi connectivity index (χ4v) is 0.914. The molecule has 0 aromatic rings. The number of methoxy groups -OCH3 is 1. The van der Waals surface area contributed by atoms with Gasteiger partial charge in [-0.1, -0.05) is 6.08 Å². The SMILES string of the molecule is COC(=O)C=CCCOS(C)(=O)=O. The Balaban J connectivity index is 3.58. The number of esters is 1. The molecule has 0 aromatic carbocycles. The van der Waals surface area contributed by atoms with E-state index in [2.05, 4.69) is 8.92 Å². The van der Waals surface area contributed by atoms with E-state index in [4.69, 9.17) is 0 Å². The van der Waals surface area contributed by atoms with Gasteiger partial charge in [-0.05, 0) is 6.42 Å². The van der Waals surface area contributed by atoms with Crippen molar-refractivity contribution < 1.29 is 22.1 Å². The Labute approximate surface area is 77.5 Å². The highest BCUT2D eigenvalue weighted by atomic mass is 32.2. The Morgan fingerprint density at radius 1 is 1.46 bits per heavy atom. The summed E-state index contributed by atoms with van der Waals surface area (Å²) >= 11 is 0. The lowest BCUT2D eigenvalue weighted by molar-refractivity contribution is -0.134. The Hall–Kier alpha value is -0.880. The highest BCUT2D eigenvalue weighted by Crippen LogP contribution is 1.91. The second kappa shape index (κ2) is 5.71. The van der Waals surface area contributed by atoms with Crippen molar-refractivity contribution in [3.63, 3.8) is 0 Å². The van der Waals surface area contributed by atoms with Crippen LogP contribution in [0.2, 0.25) is 0 Å². The predicted molar refractivity (Wildman–Crippen MR) is 46.6 cm³/mol. The quantitative estimate of drug-likeness (QED) is 0.277. The molecule has 0 radical (unpaired) electrons. The monoisotopic (exact) mass is 208 g/mol. The van der Waals surface area contributed by atoms with Gasteiger partial charge in [0.25, 0.3) is 10.1 Å². The number of carbonyl (C=O) groups excluding carboxylic acids is 1. The van der Waals surface area contributed by atoms with Crippen LogP contribution in [0.25, 0.3) is 0 Å². The van der Waals surface area contributed by atoms with Crippen LogP contribution >= 0.6 is 0 Å². The van der Waals surface area contributed by atoms with Crippen molar-refractivity contribution in [1.82, 2.24) is 0 Å². The third kappa shape index (κ3) is 9.03. The molecular weight excluding hydrogens is 196 g/mol. The molecule has 76 valence electrons. The molecule has 0 aliphatic rings. The maximum Gasteiger partial charge on any atom is 0.330 e. The van der Waals surface area contributed by atoms with Gasteiger partial charge < -0.3 is 4.74 Å². The molecule has 0 aliphatic heterocycles. The summed E-state index contributed by atoms with van der Waals surface area (Å²) in [4.78, 5) is 10.5. The first-order valence-electron chi connectivity index (χ1n) is 3.54. The largest absolute Gasteiger partial charge is 0.466 e. The van der Waals surface area contributed by atoms with E-state index < -0.39 is 16.1 Å². The number of hydrogen-bond acceptors (Lipinski definition) is 5. The van der Waals surface area contributed by atoms with Crippen LogP contribution in [0.5, 0.6) is 0 Å². The molecule has 0 fully saturated rings. The summed E-state index contributed by atoms with van der Waals surface area (Å²) in [5.74, 6) is -0.473. The number of rotatable bonds is 5. The van der Waals surface area contributed by atoms with Gasteiger partial charge in [0.2, 0.25) is 0 Å². The lowest BCUT2D eigenvalue weighted by Crippen LogP contribution is -2.03. The normalized spacial score (nSPS) is 11.8. The van der Waals surface area contributed by atoms with Gasteiger partial charge in [0.1, 0.15) is 0 Å². The van der Waals surface area contributed by atoms with Gasteiger partial charge in [-0.15, -0.1) is 0 Å². The van der Waals surface area contributed by atoms with Crippen LogP contribution in [0.15, 0.2) is 12.2 Å². The van der Waals surface area contributed by atoms with Crippen molar-refractivity contribution in [2.45, 2.75) is 6.42 Å². The lowest BCUT2D eigenvalue weighted by Gasteiger charge is -1.96. The summed E-state index contributed by atoms with van der Waals surface area (Å²) in [7, 11) is -2.12. The first-order chi connectivity index (χ1) is 5.95. The third-order valence-electron chi connectivity index (χ3n) is 1.04. The third-order valence-corrected chi connectivity index (χ3v) is 1.63. The van der Waals surface area contributed by atoms with Crippen LogP contribution in [-0.2, 0) is 23.8 Å². The molecule has 13 heavy (non-hydrogen) atoms. The van der Waals surface area contributed by atoms with Crippen LogP contribution < -0.4 is 0 Å². The molecule has 0 heterocycles. The second-order valence-electron chi connectivity index (χ2n) is 2.24. The lowest BCUT2D eigenvalue weighted by atomic mass is 10.4. The zero-order valence-corrected chi connectivity index (χ0v) is 8.33. The molecule has 0 unspecified atom stereocenters. The molecule has 0 spiro atoms. The Kier molecular flexibility index (Phi) is 5.33. The maximum absolute atomic E-state index is 10.5. The molecule has 0 N–H and O–H groups in total. The van der Waals surface area contributed by atoms with E-state index in [-0.39, 0.29) is 6.61 Å². The van der Waals surface area contributed by atoms with E-state index >= 15 is 0 Å². The summed E-state index contributed by atoms with van der Waals surface area (Å²) in [6.07, 6.45) is 4.02. The average molecular weight is 208 g/mol. The fourth-order valence-electron chi connectivity index (χ4n) is 0.515. The average Bonchev–Trinajstić information content (AvgIpc) is 2.01. The van der Waals surface area contributed by atoms with Crippen molar-refractivity contribution in [2.24, 2.45) is 0 Å². The first-order valence-corrected chi connectivity index (χ1v) is 5.36. The zero-order valence-electron chi connectivity index (χ0n) is 7.52. The molecule has 0 aliphatic carbocycles. The standard InChI is InChI=1S/C7H12O5S/c1-11-7(8)5-3-4-6-12-13(2,9)10/h3,5H,4,6H2,1-2H3. The number of carbonyl (C=O) groups is 1. The van der Waals surface area contributed by atoms with Gasteiger partial charge in [0.05, 0.1) is 20.0 Å². The van der Waals surface area contributed by atoms with Crippen molar-refractivity contribution in [3.05, 3.63) is 12.2 Å². The highest BCUT2D eigenvalue weighted by molar-refractivity contribution is 7.85. The molecule has 0 rings (SSSR count). The summed E-state index contributed by atoms with van der Waals surface area (Å²) in [6, 6.07) is 0. The van der Waals surface area contributed by atoms with Gasteiger partial charge >= 0.3 is 5.97 Å². The summed E-state index contributed by atoms with van der Waals surface area (Å²) in [6.45, 7) is 0.0341. The van der Waals surface area contributed by atoms with E-state index in [1.54, 1.807) is 0 Å². The topological polar surface area (TPSA) is 69.7 Å². The predicted octanol–water partition coefficient (Wildman–Crippen LogP) is 0.0819. The van der Waals surface area contributed by atoms with Gasteiger partial charge in [-0.25, -0.2) is 4.79 Å². The van der Waals surface area contributed by atoms with Crippen LogP contribution in [0.3, 0.4) is 0 Å². The minimum absolute atomic E-state index is 0.0341. The van der Waals surface area contributed by atoms with Gasteiger partial charge in [-0.3, -0.25) is 4.18 Å². The van der Waals surface area contributed by atoms with Crippen LogP contribution in [0, 0.1) is 0 Å². The Morgan fingerprint density at radius 3 is 2.54 bits per heavy atom. The molecule has 5 nitrogen and oxygen atoms in total. The summed E-state index contributed by atoms with van der Waals surface area (Å²) < 4.78 is 29.6. The molecule has 0 bridgehead atoms. The molecule has 0 aromatic heterocycles. The summed E-state index contributed by atoms with van der Waals surface area (Å²) in [5.41, 5.74) is 0. The number of ether oxygens (including phenoxy) is 1. The highest BCUT2D eigenvalue weighted by Gasteiger charge is 1.98. The van der Waals surface area contributed by atoms with Crippen molar-refractivity contribution in [3.8, 4) is 0 Å². The Morgan fingerprint density at radius 2 is 2.08 bits per heavy atom. The molecule has 0 amide bonds. The Bertz CT molecular complexity index is 277. The maximum atomic E-state index is 10.5. The van der Waals surface area contributed by atoms with Crippen LogP contribution in [0.4, 0.5) is 0 Å². The van der Waals surface area contributed by atoms with E-state index in [0.29, 0.717) is 6.42 Å². The molecule has 6 heteroatoms. The van der Waals surface area contributed by atoms with Crippen LogP contribution in [0.1, 0.15) is 6.42 Å². The van der Waals surface area contributed by atoms with Crippen molar-refractivity contribution >= 4 is 16.1 Å². The first kappa shape index (κ1) is 12.1. The summed E-state index contributed by atoms with van der Waals surface area (Å²) in [5, 5.41) is 0. The molecular formula is C7H12O5S. The molecule has 0 saturated carbocycles. The van der Waals surface area contributed by atoms with Gasteiger partial charge in [0, 0.05) is 6.08 Å². The van der Waals surface area contributed by atoms with E-state index in [1.807, 2.05) is 0 Å². The minimum atomic E-state index is -3.38. The second-order valence-corrected chi connectivity index (χ2v) is 3.88. The van der Waals surface area contributed by atoms with Crippen molar-refractivity contribution in [1.29, 1.82) is 0 Å². The van der Waals surface area contributed by atoms with Crippen LogP contribution in [-0.4, -0.2) is 34.4 Å². The molecule has 0 atom stereocenters. The smallest absolute Gasteiger partial charge is 0.330 e. The van der Waals surface area contributed by atoms with Crippen molar-refractivity contribution in [2.75, 3.05) is 20.0 Å². The van der Waals surface area contributed by atoms with Gasteiger partial charge in [0.15, 0.2) is 0 Å².